The van der Waals surface area contributed by atoms with Crippen molar-refractivity contribution in [3.8, 4) is 5.75 Å². The Morgan fingerprint density at radius 1 is 1.25 bits per heavy atom. The van der Waals surface area contributed by atoms with Gasteiger partial charge in [0.1, 0.15) is 0 Å². The molecule has 0 saturated carbocycles. The van der Waals surface area contributed by atoms with Crippen molar-refractivity contribution in [3.63, 3.8) is 0 Å². The average Bonchev–Trinajstić information content (AvgIpc) is 2.32. The molecular formula is C11H18BrN3O. The van der Waals surface area contributed by atoms with Crippen molar-refractivity contribution in [1.82, 2.24) is 14.9 Å². The first-order valence-corrected chi connectivity index (χ1v) is 6.38. The molecule has 0 aliphatic rings. The smallest absolute Gasteiger partial charge is 0.196 e. The summed E-state index contributed by atoms with van der Waals surface area (Å²) in [4.78, 5) is 10.4. The Morgan fingerprint density at radius 3 is 2.44 bits per heavy atom. The second kappa shape index (κ2) is 7.57. The minimum Gasteiger partial charge on any atom is -0.490 e. The van der Waals surface area contributed by atoms with Gasteiger partial charge in [-0.1, -0.05) is 13.8 Å². The second-order valence-corrected chi connectivity index (χ2v) is 4.13. The lowest BCUT2D eigenvalue weighted by Gasteiger charge is -2.17. The summed E-state index contributed by atoms with van der Waals surface area (Å²) in [5.41, 5.74) is 0. The molecule has 1 aromatic heterocycles. The molecule has 0 saturated heterocycles. The fraction of sp³-hybridized carbons (Fsp3) is 0.636. The van der Waals surface area contributed by atoms with Crippen molar-refractivity contribution < 1.29 is 4.74 Å². The summed E-state index contributed by atoms with van der Waals surface area (Å²) >= 11 is 3.18. The zero-order valence-corrected chi connectivity index (χ0v) is 11.4. The van der Waals surface area contributed by atoms with E-state index in [4.69, 9.17) is 4.74 Å². The van der Waals surface area contributed by atoms with Gasteiger partial charge in [0, 0.05) is 6.54 Å². The number of halogens is 1. The Labute approximate surface area is 105 Å². The normalized spacial score (nSPS) is 10.8. The molecule has 0 aliphatic carbocycles. The third-order valence-electron chi connectivity index (χ3n) is 2.38. The van der Waals surface area contributed by atoms with Crippen LogP contribution < -0.4 is 4.74 Å². The Bertz CT molecular complexity index is 288. The maximum atomic E-state index is 5.53. The molecule has 0 N–H and O–H groups in total. The van der Waals surface area contributed by atoms with Gasteiger partial charge in [-0.15, -0.1) is 0 Å². The quantitative estimate of drug-likeness (QED) is 0.570. The van der Waals surface area contributed by atoms with E-state index in [1.165, 1.54) is 0 Å². The summed E-state index contributed by atoms with van der Waals surface area (Å²) in [6, 6.07) is 0. The SMILES string of the molecule is CCN(CC)CCCOc1cnc(Br)nc1. The van der Waals surface area contributed by atoms with E-state index in [0.717, 1.165) is 31.8 Å². The topological polar surface area (TPSA) is 38.2 Å². The van der Waals surface area contributed by atoms with Crippen molar-refractivity contribution in [1.29, 1.82) is 0 Å². The van der Waals surface area contributed by atoms with E-state index in [2.05, 4.69) is 44.6 Å². The predicted molar refractivity (Wildman–Crippen MR) is 67.6 cm³/mol. The van der Waals surface area contributed by atoms with Gasteiger partial charge in [-0.25, -0.2) is 9.97 Å². The third-order valence-corrected chi connectivity index (χ3v) is 2.79. The Kier molecular flexibility index (Phi) is 6.33. The Hall–Kier alpha value is -0.680. The summed E-state index contributed by atoms with van der Waals surface area (Å²) in [5.74, 6) is 0.725. The molecule has 0 aliphatic heterocycles. The largest absolute Gasteiger partial charge is 0.490 e. The molecule has 5 heteroatoms. The lowest BCUT2D eigenvalue weighted by Crippen LogP contribution is -2.25. The van der Waals surface area contributed by atoms with Gasteiger partial charge in [-0.3, -0.25) is 0 Å². The number of hydrogen-bond donors (Lipinski definition) is 0. The first-order chi connectivity index (χ1) is 7.76. The first kappa shape index (κ1) is 13.4. The van der Waals surface area contributed by atoms with Crippen LogP contribution in [-0.2, 0) is 0 Å². The van der Waals surface area contributed by atoms with Gasteiger partial charge in [0.05, 0.1) is 19.0 Å². The zero-order chi connectivity index (χ0) is 11.8. The Balaban J connectivity index is 2.18. The van der Waals surface area contributed by atoms with Crippen molar-refractivity contribution >= 4 is 15.9 Å². The van der Waals surface area contributed by atoms with Gasteiger partial charge < -0.3 is 9.64 Å². The van der Waals surface area contributed by atoms with E-state index in [9.17, 15) is 0 Å². The predicted octanol–water partition coefficient (Wildman–Crippen LogP) is 2.35. The van der Waals surface area contributed by atoms with Gasteiger partial charge in [-0.2, -0.15) is 0 Å². The molecule has 4 nitrogen and oxygen atoms in total. The van der Waals surface area contributed by atoms with Crippen LogP contribution >= 0.6 is 15.9 Å². The van der Waals surface area contributed by atoms with E-state index >= 15 is 0 Å². The minimum absolute atomic E-state index is 0.586. The van der Waals surface area contributed by atoms with Crippen LogP contribution in [0.25, 0.3) is 0 Å². The highest BCUT2D eigenvalue weighted by molar-refractivity contribution is 9.10. The molecule has 0 radical (unpaired) electrons. The number of ether oxygens (including phenoxy) is 1. The molecule has 0 aromatic carbocycles. The van der Waals surface area contributed by atoms with Crippen LogP contribution in [0.4, 0.5) is 0 Å². The summed E-state index contributed by atoms with van der Waals surface area (Å²) < 4.78 is 6.11. The van der Waals surface area contributed by atoms with Crippen LogP contribution in [0.15, 0.2) is 17.1 Å². The molecule has 0 bridgehead atoms. The molecule has 0 unspecified atom stereocenters. The van der Waals surface area contributed by atoms with Crippen molar-refractivity contribution in [3.05, 3.63) is 17.1 Å². The van der Waals surface area contributed by atoms with E-state index in [0.29, 0.717) is 11.3 Å². The van der Waals surface area contributed by atoms with Gasteiger partial charge in [0.2, 0.25) is 0 Å². The summed E-state index contributed by atoms with van der Waals surface area (Å²) in [7, 11) is 0. The molecule has 1 aromatic rings. The van der Waals surface area contributed by atoms with Crippen LogP contribution in [-0.4, -0.2) is 41.1 Å². The lowest BCUT2D eigenvalue weighted by molar-refractivity contribution is 0.248. The number of aromatic nitrogens is 2. The van der Waals surface area contributed by atoms with Crippen LogP contribution in [0.3, 0.4) is 0 Å². The molecule has 1 heterocycles. The van der Waals surface area contributed by atoms with Crippen LogP contribution in [0, 0.1) is 0 Å². The monoisotopic (exact) mass is 287 g/mol. The highest BCUT2D eigenvalue weighted by Gasteiger charge is 1.99. The Morgan fingerprint density at radius 2 is 1.88 bits per heavy atom. The lowest BCUT2D eigenvalue weighted by atomic mass is 10.4. The standard InChI is InChI=1S/C11H18BrN3O/c1-3-15(4-2)6-5-7-16-10-8-13-11(12)14-9-10/h8-9H,3-7H2,1-2H3. The number of rotatable bonds is 7. The maximum absolute atomic E-state index is 5.53. The molecule has 1 rings (SSSR count). The summed E-state index contributed by atoms with van der Waals surface area (Å²) in [6.45, 7) is 8.32. The van der Waals surface area contributed by atoms with E-state index in [1.54, 1.807) is 12.4 Å². The molecule has 90 valence electrons. The molecule has 0 spiro atoms. The number of nitrogens with zero attached hydrogens (tertiary/aromatic N) is 3. The molecule has 16 heavy (non-hydrogen) atoms. The van der Waals surface area contributed by atoms with E-state index in [1.807, 2.05) is 0 Å². The molecular weight excluding hydrogens is 270 g/mol. The molecule has 0 atom stereocenters. The maximum Gasteiger partial charge on any atom is 0.196 e. The number of hydrogen-bond acceptors (Lipinski definition) is 4. The zero-order valence-electron chi connectivity index (χ0n) is 9.82. The van der Waals surface area contributed by atoms with Crippen LogP contribution in [0.5, 0.6) is 5.75 Å². The van der Waals surface area contributed by atoms with Gasteiger partial charge in [-0.05, 0) is 35.4 Å². The average molecular weight is 288 g/mol. The fourth-order valence-electron chi connectivity index (χ4n) is 1.39. The van der Waals surface area contributed by atoms with E-state index < -0.39 is 0 Å². The minimum atomic E-state index is 0.586. The van der Waals surface area contributed by atoms with Gasteiger partial charge >= 0.3 is 0 Å². The summed E-state index contributed by atoms with van der Waals surface area (Å²) in [5, 5.41) is 0. The molecule has 0 amide bonds. The van der Waals surface area contributed by atoms with Crippen molar-refractivity contribution in [2.75, 3.05) is 26.2 Å². The van der Waals surface area contributed by atoms with Crippen LogP contribution in [0.2, 0.25) is 0 Å². The highest BCUT2D eigenvalue weighted by Crippen LogP contribution is 2.09. The van der Waals surface area contributed by atoms with Gasteiger partial charge in [0.25, 0.3) is 0 Å². The van der Waals surface area contributed by atoms with Crippen molar-refractivity contribution in [2.45, 2.75) is 20.3 Å². The fourth-order valence-corrected chi connectivity index (χ4v) is 1.60. The van der Waals surface area contributed by atoms with Crippen molar-refractivity contribution in [2.24, 2.45) is 0 Å². The second-order valence-electron chi connectivity index (χ2n) is 3.42. The molecule has 0 fully saturated rings. The third kappa shape index (κ3) is 4.90. The van der Waals surface area contributed by atoms with Crippen LogP contribution in [0.1, 0.15) is 20.3 Å². The van der Waals surface area contributed by atoms with Gasteiger partial charge in [0.15, 0.2) is 10.5 Å². The first-order valence-electron chi connectivity index (χ1n) is 5.59. The highest BCUT2D eigenvalue weighted by atomic mass is 79.9. The summed E-state index contributed by atoms with van der Waals surface area (Å²) in [6.07, 6.45) is 4.38. The van der Waals surface area contributed by atoms with E-state index in [-0.39, 0.29) is 0 Å².